The number of nitrogens with zero attached hydrogens (tertiary/aromatic N) is 3. The Bertz CT molecular complexity index is 405. The number of piperidine rings is 1. The van der Waals surface area contributed by atoms with Crippen LogP contribution in [0.4, 0.5) is 5.82 Å². The molecule has 0 aliphatic carbocycles. The summed E-state index contributed by atoms with van der Waals surface area (Å²) in [6.45, 7) is 1.22. The van der Waals surface area contributed by atoms with E-state index in [1.54, 1.807) is 19.4 Å². The van der Waals surface area contributed by atoms with Gasteiger partial charge in [-0.2, -0.15) is 0 Å². The van der Waals surface area contributed by atoms with Gasteiger partial charge in [-0.1, -0.05) is 0 Å². The van der Waals surface area contributed by atoms with E-state index in [4.69, 9.17) is 5.73 Å². The molecule has 1 amide bonds. The van der Waals surface area contributed by atoms with Gasteiger partial charge in [0.25, 0.3) is 0 Å². The number of nitrogens with two attached hydrogens (primary N) is 1. The molecule has 6 nitrogen and oxygen atoms in total. The zero-order valence-corrected chi connectivity index (χ0v) is 10.6. The molecule has 1 saturated heterocycles. The lowest BCUT2D eigenvalue weighted by molar-refractivity contribution is -0.122. The normalized spacial score (nSPS) is 19.7. The second-order valence-corrected chi connectivity index (χ2v) is 4.39. The first-order valence-electron chi connectivity index (χ1n) is 6.25. The molecule has 2 rings (SSSR count). The van der Waals surface area contributed by atoms with Gasteiger partial charge >= 0.3 is 0 Å². The number of nitrogens with one attached hydrogen (secondary N) is 1. The summed E-state index contributed by atoms with van der Waals surface area (Å²) in [6.07, 6.45) is 6.38. The maximum atomic E-state index is 11.9. The fraction of sp³-hybridized carbons (Fsp3) is 0.583. The minimum Gasteiger partial charge on any atom is -0.357 e. The lowest BCUT2D eigenvalue weighted by Gasteiger charge is -2.35. The molecule has 1 aromatic rings. The molecule has 3 N–H and O–H groups in total. The average Bonchev–Trinajstić information content (AvgIpc) is 2.46. The highest BCUT2D eigenvalue weighted by Gasteiger charge is 2.28. The van der Waals surface area contributed by atoms with Gasteiger partial charge in [-0.15, -0.1) is 0 Å². The second-order valence-electron chi connectivity index (χ2n) is 4.39. The van der Waals surface area contributed by atoms with Crippen LogP contribution >= 0.6 is 0 Å². The number of hydrogen-bond acceptors (Lipinski definition) is 5. The van der Waals surface area contributed by atoms with E-state index in [9.17, 15) is 4.79 Å². The number of carbonyl (C=O) groups is 1. The first kappa shape index (κ1) is 12.8. The summed E-state index contributed by atoms with van der Waals surface area (Å²) in [7, 11) is 1.66. The van der Waals surface area contributed by atoms with Gasteiger partial charge in [-0.3, -0.25) is 9.78 Å². The quantitative estimate of drug-likeness (QED) is 0.790. The molecule has 0 aromatic carbocycles. The van der Waals surface area contributed by atoms with Crippen molar-refractivity contribution >= 4 is 11.7 Å². The third kappa shape index (κ3) is 2.59. The Kier molecular flexibility index (Phi) is 4.09. The third-order valence-electron chi connectivity index (χ3n) is 3.25. The SMILES string of the molecule is CNC(=O)C1CCCCN1c1cnc(CN)cn1. The lowest BCUT2D eigenvalue weighted by Crippen LogP contribution is -2.49. The van der Waals surface area contributed by atoms with Crippen molar-refractivity contribution in [2.24, 2.45) is 5.73 Å². The fourth-order valence-electron chi connectivity index (χ4n) is 2.25. The molecular formula is C12H19N5O. The van der Waals surface area contributed by atoms with Gasteiger partial charge in [-0.05, 0) is 19.3 Å². The highest BCUT2D eigenvalue weighted by atomic mass is 16.2. The Morgan fingerprint density at radius 1 is 1.50 bits per heavy atom. The van der Waals surface area contributed by atoms with E-state index in [0.29, 0.717) is 6.54 Å². The van der Waals surface area contributed by atoms with Crippen molar-refractivity contribution in [3.8, 4) is 0 Å². The van der Waals surface area contributed by atoms with Gasteiger partial charge in [0.05, 0.1) is 18.1 Å². The Balaban J connectivity index is 2.19. The van der Waals surface area contributed by atoms with E-state index in [0.717, 1.165) is 37.3 Å². The van der Waals surface area contributed by atoms with Gasteiger partial charge in [0.1, 0.15) is 11.9 Å². The van der Waals surface area contributed by atoms with Crippen LogP contribution in [0, 0.1) is 0 Å². The number of carbonyl (C=O) groups excluding carboxylic acids is 1. The molecule has 18 heavy (non-hydrogen) atoms. The summed E-state index contributed by atoms with van der Waals surface area (Å²) < 4.78 is 0. The van der Waals surface area contributed by atoms with Gasteiger partial charge < -0.3 is 16.0 Å². The Labute approximate surface area is 107 Å². The molecule has 1 aromatic heterocycles. The topological polar surface area (TPSA) is 84.1 Å². The molecule has 0 spiro atoms. The van der Waals surface area contributed by atoms with Gasteiger partial charge in [0.2, 0.25) is 5.91 Å². The van der Waals surface area contributed by atoms with Gasteiger partial charge in [0, 0.05) is 20.1 Å². The number of hydrogen-bond donors (Lipinski definition) is 2. The van der Waals surface area contributed by atoms with E-state index in [-0.39, 0.29) is 11.9 Å². The number of anilines is 1. The van der Waals surface area contributed by atoms with Crippen molar-refractivity contribution in [2.45, 2.75) is 31.8 Å². The van der Waals surface area contributed by atoms with Gasteiger partial charge in [-0.25, -0.2) is 4.98 Å². The van der Waals surface area contributed by atoms with Crippen LogP contribution < -0.4 is 16.0 Å². The fourth-order valence-corrected chi connectivity index (χ4v) is 2.25. The molecule has 1 atom stereocenters. The largest absolute Gasteiger partial charge is 0.357 e. The summed E-state index contributed by atoms with van der Waals surface area (Å²) in [5.74, 6) is 0.792. The molecule has 2 heterocycles. The van der Waals surface area contributed by atoms with Crippen LogP contribution in [-0.4, -0.2) is 35.5 Å². The van der Waals surface area contributed by atoms with Crippen LogP contribution in [0.3, 0.4) is 0 Å². The first-order valence-corrected chi connectivity index (χ1v) is 6.25. The van der Waals surface area contributed by atoms with Crippen LogP contribution in [0.15, 0.2) is 12.4 Å². The Morgan fingerprint density at radius 2 is 2.33 bits per heavy atom. The molecule has 1 fully saturated rings. The molecule has 0 saturated carbocycles. The zero-order chi connectivity index (χ0) is 13.0. The van der Waals surface area contributed by atoms with Gasteiger partial charge in [0.15, 0.2) is 0 Å². The molecular weight excluding hydrogens is 230 g/mol. The summed E-state index contributed by atoms with van der Waals surface area (Å²) in [5, 5.41) is 2.71. The maximum absolute atomic E-state index is 11.9. The van der Waals surface area contributed by atoms with Crippen molar-refractivity contribution in [1.82, 2.24) is 15.3 Å². The molecule has 6 heteroatoms. The lowest BCUT2D eigenvalue weighted by atomic mass is 10.0. The van der Waals surface area contributed by atoms with Crippen LogP contribution in [0.25, 0.3) is 0 Å². The monoisotopic (exact) mass is 249 g/mol. The zero-order valence-electron chi connectivity index (χ0n) is 10.6. The molecule has 0 radical (unpaired) electrons. The standard InChI is InChI=1S/C12H19N5O/c1-14-12(18)10-4-2-3-5-17(10)11-8-15-9(6-13)7-16-11/h7-8,10H,2-6,13H2,1H3,(H,14,18). The number of aromatic nitrogens is 2. The predicted octanol–water partition coefficient (Wildman–Crippen LogP) is 0.0402. The van der Waals surface area contributed by atoms with E-state index in [2.05, 4.69) is 15.3 Å². The molecule has 1 aliphatic rings. The number of likely N-dealkylation sites (N-methyl/N-ethyl adjacent to an activating group) is 1. The van der Waals surface area contributed by atoms with Crippen LogP contribution in [0.2, 0.25) is 0 Å². The highest BCUT2D eigenvalue weighted by molar-refractivity contribution is 5.84. The third-order valence-corrected chi connectivity index (χ3v) is 3.25. The summed E-state index contributed by atoms with van der Waals surface area (Å²) in [6, 6.07) is -0.137. The van der Waals surface area contributed by atoms with E-state index in [1.807, 2.05) is 4.90 Å². The van der Waals surface area contributed by atoms with Crippen LogP contribution in [-0.2, 0) is 11.3 Å². The van der Waals surface area contributed by atoms with E-state index >= 15 is 0 Å². The minimum absolute atomic E-state index is 0.0411. The molecule has 1 unspecified atom stereocenters. The van der Waals surface area contributed by atoms with Crippen molar-refractivity contribution in [3.05, 3.63) is 18.1 Å². The smallest absolute Gasteiger partial charge is 0.242 e. The summed E-state index contributed by atoms with van der Waals surface area (Å²) in [4.78, 5) is 22.5. The van der Waals surface area contributed by atoms with Crippen LogP contribution in [0.5, 0.6) is 0 Å². The Hall–Kier alpha value is -1.69. The molecule has 98 valence electrons. The summed E-state index contributed by atoms with van der Waals surface area (Å²) in [5.41, 5.74) is 6.25. The van der Waals surface area contributed by atoms with Crippen LogP contribution in [0.1, 0.15) is 25.0 Å². The number of rotatable bonds is 3. The maximum Gasteiger partial charge on any atom is 0.242 e. The first-order chi connectivity index (χ1) is 8.76. The average molecular weight is 249 g/mol. The Morgan fingerprint density at radius 3 is 2.94 bits per heavy atom. The predicted molar refractivity (Wildman–Crippen MR) is 69.0 cm³/mol. The van der Waals surface area contributed by atoms with Crippen molar-refractivity contribution in [2.75, 3.05) is 18.5 Å². The molecule has 0 bridgehead atoms. The van der Waals surface area contributed by atoms with Crippen molar-refractivity contribution in [3.63, 3.8) is 0 Å². The van der Waals surface area contributed by atoms with E-state index in [1.165, 1.54) is 0 Å². The van der Waals surface area contributed by atoms with Crippen molar-refractivity contribution < 1.29 is 4.79 Å². The van der Waals surface area contributed by atoms with E-state index < -0.39 is 0 Å². The second kappa shape index (κ2) is 5.77. The highest BCUT2D eigenvalue weighted by Crippen LogP contribution is 2.22. The van der Waals surface area contributed by atoms with Crippen molar-refractivity contribution in [1.29, 1.82) is 0 Å². The summed E-state index contributed by atoms with van der Waals surface area (Å²) >= 11 is 0. The minimum atomic E-state index is -0.137. The number of amides is 1. The molecule has 1 aliphatic heterocycles.